The number of rotatable bonds is 6. The highest BCUT2D eigenvalue weighted by Crippen LogP contribution is 2.29. The zero-order valence-corrected chi connectivity index (χ0v) is 11.3. The summed E-state index contributed by atoms with van der Waals surface area (Å²) in [4.78, 5) is 4.37. The van der Waals surface area contributed by atoms with E-state index in [1.807, 2.05) is 11.6 Å². The van der Waals surface area contributed by atoms with Gasteiger partial charge in [-0.2, -0.15) is 0 Å². The topological polar surface area (TPSA) is 22.1 Å². The fraction of sp³-hybridized carbons (Fsp3) is 0.500. The van der Waals surface area contributed by atoms with Crippen LogP contribution in [0.3, 0.4) is 0 Å². The molecule has 1 heterocycles. The van der Waals surface area contributed by atoms with Crippen LogP contribution in [0.4, 0.5) is 0 Å². The summed E-state index contributed by atoms with van der Waals surface area (Å²) in [5.41, 5.74) is 4.37. The van der Waals surface area contributed by atoms with Crippen LogP contribution in [0.25, 0.3) is 10.2 Å². The number of fused-ring (bicyclic) bond motifs is 1. The third-order valence-electron chi connectivity index (χ3n) is 3.02. The molecule has 0 N–H and O–H groups in total. The van der Waals surface area contributed by atoms with Crippen LogP contribution in [0, 0.1) is 0 Å². The summed E-state index contributed by atoms with van der Waals surface area (Å²) < 4.78 is 6.65. The molecule has 2 nitrogen and oxygen atoms in total. The molecule has 0 radical (unpaired) electrons. The average molecular weight is 249 g/mol. The van der Waals surface area contributed by atoms with Gasteiger partial charge in [-0.05, 0) is 24.5 Å². The molecule has 1 aromatic carbocycles. The van der Waals surface area contributed by atoms with Crippen molar-refractivity contribution in [1.82, 2.24) is 4.98 Å². The normalized spacial score (nSPS) is 10.9. The summed E-state index contributed by atoms with van der Waals surface area (Å²) >= 11 is 1.73. The van der Waals surface area contributed by atoms with E-state index in [-0.39, 0.29) is 0 Å². The Kier molecular flexibility index (Phi) is 4.37. The van der Waals surface area contributed by atoms with E-state index in [9.17, 15) is 0 Å². The molecule has 0 saturated heterocycles. The number of aryl methyl sites for hydroxylation is 1. The number of nitrogens with zero attached hydrogens (tertiary/aromatic N) is 1. The fourth-order valence-electron chi connectivity index (χ4n) is 2.06. The minimum Gasteiger partial charge on any atom is -0.497 e. The van der Waals surface area contributed by atoms with Crippen molar-refractivity contribution in [2.75, 3.05) is 7.11 Å². The van der Waals surface area contributed by atoms with Crippen LogP contribution in [0.5, 0.6) is 5.75 Å². The van der Waals surface area contributed by atoms with Gasteiger partial charge in [0.25, 0.3) is 0 Å². The zero-order valence-electron chi connectivity index (χ0n) is 10.5. The number of thiazole rings is 1. The summed E-state index contributed by atoms with van der Waals surface area (Å²) in [6, 6.07) is 4.17. The Labute approximate surface area is 107 Å². The number of ether oxygens (including phenoxy) is 1. The average Bonchev–Trinajstić information content (AvgIpc) is 2.82. The number of aromatic nitrogens is 1. The Bertz CT molecular complexity index is 478. The van der Waals surface area contributed by atoms with Gasteiger partial charge in [-0.3, -0.25) is 0 Å². The molecule has 0 aliphatic carbocycles. The van der Waals surface area contributed by atoms with Crippen molar-refractivity contribution < 1.29 is 4.74 Å². The molecule has 0 atom stereocenters. The van der Waals surface area contributed by atoms with Crippen LogP contribution in [0.15, 0.2) is 17.6 Å². The van der Waals surface area contributed by atoms with E-state index in [1.54, 1.807) is 18.4 Å². The number of unbranched alkanes of at least 4 members (excludes halogenated alkanes) is 3. The summed E-state index contributed by atoms with van der Waals surface area (Å²) in [7, 11) is 1.72. The molecule has 0 aliphatic heterocycles. The van der Waals surface area contributed by atoms with Gasteiger partial charge in [0.05, 0.1) is 22.8 Å². The largest absolute Gasteiger partial charge is 0.497 e. The van der Waals surface area contributed by atoms with Gasteiger partial charge in [-0.1, -0.05) is 26.2 Å². The second kappa shape index (κ2) is 6.01. The van der Waals surface area contributed by atoms with E-state index in [1.165, 1.54) is 35.9 Å². The molecule has 1 aromatic heterocycles. The second-order valence-corrected chi connectivity index (χ2v) is 5.15. The maximum Gasteiger partial charge on any atom is 0.121 e. The maximum absolute atomic E-state index is 5.32. The summed E-state index contributed by atoms with van der Waals surface area (Å²) in [6.07, 6.45) is 6.32. The molecule has 3 heteroatoms. The molecule has 0 amide bonds. The highest BCUT2D eigenvalue weighted by Gasteiger charge is 2.06. The van der Waals surface area contributed by atoms with E-state index < -0.39 is 0 Å². The van der Waals surface area contributed by atoms with Gasteiger partial charge in [0.15, 0.2) is 0 Å². The van der Waals surface area contributed by atoms with Crippen molar-refractivity contribution in [1.29, 1.82) is 0 Å². The SMILES string of the molecule is CCCCCCc1cc(OC)cc2ncsc12. The minimum absolute atomic E-state index is 0.925. The lowest BCUT2D eigenvalue weighted by Crippen LogP contribution is -1.90. The number of hydrogen-bond acceptors (Lipinski definition) is 3. The Morgan fingerprint density at radius 2 is 2.12 bits per heavy atom. The zero-order chi connectivity index (χ0) is 12.1. The number of hydrogen-bond donors (Lipinski definition) is 0. The molecule has 0 fully saturated rings. The van der Waals surface area contributed by atoms with Crippen molar-refractivity contribution in [3.8, 4) is 5.75 Å². The van der Waals surface area contributed by atoms with Gasteiger partial charge in [0.1, 0.15) is 5.75 Å². The van der Waals surface area contributed by atoms with Crippen LogP contribution < -0.4 is 4.74 Å². The van der Waals surface area contributed by atoms with Crippen LogP contribution >= 0.6 is 11.3 Å². The quantitative estimate of drug-likeness (QED) is 0.707. The first-order valence-corrected chi connectivity index (χ1v) is 7.13. The highest BCUT2D eigenvalue weighted by molar-refractivity contribution is 7.16. The van der Waals surface area contributed by atoms with Crippen LogP contribution in [-0.2, 0) is 6.42 Å². The van der Waals surface area contributed by atoms with Gasteiger partial charge in [-0.25, -0.2) is 4.98 Å². The molecule has 0 spiro atoms. The Morgan fingerprint density at radius 3 is 2.88 bits per heavy atom. The molecule has 0 aliphatic rings. The molecular formula is C14H19NOS. The molecule has 2 aromatic rings. The highest BCUT2D eigenvalue weighted by atomic mass is 32.1. The molecule has 0 saturated carbocycles. The first-order valence-electron chi connectivity index (χ1n) is 6.25. The number of benzene rings is 1. The predicted octanol–water partition coefficient (Wildman–Crippen LogP) is 4.43. The molecule has 92 valence electrons. The summed E-state index contributed by atoms with van der Waals surface area (Å²) in [5.74, 6) is 0.925. The monoisotopic (exact) mass is 249 g/mol. The van der Waals surface area contributed by atoms with E-state index in [2.05, 4.69) is 18.0 Å². The lowest BCUT2D eigenvalue weighted by Gasteiger charge is -2.06. The molecule has 17 heavy (non-hydrogen) atoms. The maximum atomic E-state index is 5.32. The van der Waals surface area contributed by atoms with Gasteiger partial charge >= 0.3 is 0 Å². The smallest absolute Gasteiger partial charge is 0.121 e. The van der Waals surface area contributed by atoms with Gasteiger partial charge < -0.3 is 4.74 Å². The van der Waals surface area contributed by atoms with Gasteiger partial charge in [0, 0.05) is 6.07 Å². The van der Waals surface area contributed by atoms with Gasteiger partial charge in [0.2, 0.25) is 0 Å². The van der Waals surface area contributed by atoms with E-state index in [4.69, 9.17) is 4.74 Å². The number of methoxy groups -OCH3 is 1. The Balaban J connectivity index is 2.16. The predicted molar refractivity (Wildman–Crippen MR) is 74.0 cm³/mol. The van der Waals surface area contributed by atoms with Crippen LogP contribution in [0.2, 0.25) is 0 Å². The lowest BCUT2D eigenvalue weighted by atomic mass is 10.1. The van der Waals surface area contributed by atoms with Crippen LogP contribution in [-0.4, -0.2) is 12.1 Å². The van der Waals surface area contributed by atoms with Crippen LogP contribution in [0.1, 0.15) is 38.2 Å². The fourth-order valence-corrected chi connectivity index (χ4v) is 2.87. The van der Waals surface area contributed by atoms with Crippen molar-refractivity contribution in [3.63, 3.8) is 0 Å². The first-order chi connectivity index (χ1) is 8.35. The summed E-state index contributed by atoms with van der Waals surface area (Å²) in [5, 5.41) is 0. The third-order valence-corrected chi connectivity index (χ3v) is 3.94. The third kappa shape index (κ3) is 2.97. The molecule has 0 unspecified atom stereocenters. The molecule has 0 bridgehead atoms. The van der Waals surface area contributed by atoms with Crippen molar-refractivity contribution in [2.24, 2.45) is 0 Å². The Morgan fingerprint density at radius 1 is 1.24 bits per heavy atom. The van der Waals surface area contributed by atoms with Gasteiger partial charge in [-0.15, -0.1) is 11.3 Å². The minimum atomic E-state index is 0.925. The van der Waals surface area contributed by atoms with Crippen molar-refractivity contribution in [2.45, 2.75) is 39.0 Å². The summed E-state index contributed by atoms with van der Waals surface area (Å²) in [6.45, 7) is 2.24. The van der Waals surface area contributed by atoms with Crippen molar-refractivity contribution in [3.05, 3.63) is 23.2 Å². The second-order valence-electron chi connectivity index (χ2n) is 4.30. The lowest BCUT2D eigenvalue weighted by molar-refractivity contribution is 0.415. The van der Waals surface area contributed by atoms with E-state index in [0.717, 1.165) is 17.7 Å². The van der Waals surface area contributed by atoms with E-state index in [0.29, 0.717) is 0 Å². The Hall–Kier alpha value is -1.09. The standard InChI is InChI=1S/C14H19NOS/c1-3-4-5-6-7-11-8-12(16-2)9-13-14(11)17-10-15-13/h8-10H,3-7H2,1-2H3. The van der Waals surface area contributed by atoms with E-state index >= 15 is 0 Å². The first kappa shape index (κ1) is 12.4. The van der Waals surface area contributed by atoms with Crippen molar-refractivity contribution >= 4 is 21.6 Å². The molecule has 2 rings (SSSR count). The molecular weight excluding hydrogens is 230 g/mol.